The molecule has 0 aromatic carbocycles. The van der Waals surface area contributed by atoms with Gasteiger partial charge in [-0.15, -0.1) is 0 Å². The molecule has 0 aliphatic carbocycles. The molecular weight excluding hydrogens is 352 g/mol. The number of aliphatic carboxylic acids is 1. The van der Waals surface area contributed by atoms with E-state index in [1.165, 1.54) is 0 Å². The molecule has 4 atom stereocenters. The number of hydrogen-bond acceptors (Lipinski definition) is 7. The number of carboxylic acid groups (broad SMARTS) is 1. The lowest BCUT2D eigenvalue weighted by Crippen LogP contribution is -2.54. The van der Waals surface area contributed by atoms with Gasteiger partial charge in [-0.2, -0.15) is 4.21 Å². The number of amides is 2. The summed E-state index contributed by atoms with van der Waals surface area (Å²) in [5.74, 6) is -2.44. The quantitative estimate of drug-likeness (QED) is 0.515. The Morgan fingerprint density at radius 2 is 1.68 bits per heavy atom. The minimum absolute atomic E-state index is 0.105. The van der Waals surface area contributed by atoms with Gasteiger partial charge >= 0.3 is 11.4 Å². The number of carbonyl (C=O) groups is 3. The van der Waals surface area contributed by atoms with E-state index in [-0.39, 0.29) is 11.8 Å². The molecule has 0 aromatic rings. The zero-order valence-electron chi connectivity index (χ0n) is 14.8. The van der Waals surface area contributed by atoms with E-state index in [0.29, 0.717) is 18.9 Å². The van der Waals surface area contributed by atoms with Crippen LogP contribution in [0.2, 0.25) is 0 Å². The fourth-order valence-corrected chi connectivity index (χ4v) is 2.95. The van der Waals surface area contributed by atoms with Crippen molar-refractivity contribution in [3.05, 3.63) is 0 Å². The minimum Gasteiger partial charge on any atom is -0.547 e. The molecule has 1 aliphatic heterocycles. The second-order valence-electron chi connectivity index (χ2n) is 6.72. The van der Waals surface area contributed by atoms with Gasteiger partial charge in [-0.3, -0.25) is 18.0 Å². The van der Waals surface area contributed by atoms with Gasteiger partial charge in [-0.05, 0) is 24.7 Å². The summed E-state index contributed by atoms with van der Waals surface area (Å²) in [6, 6.07) is -0.861. The number of hydrogen-bond donors (Lipinski definition) is 2. The van der Waals surface area contributed by atoms with E-state index in [0.717, 1.165) is 6.42 Å². The topological polar surface area (TPSA) is 134 Å². The smallest absolute Gasteiger partial charge is 0.306 e. The van der Waals surface area contributed by atoms with Crippen molar-refractivity contribution in [3.63, 3.8) is 0 Å². The molecule has 0 spiro atoms. The van der Waals surface area contributed by atoms with E-state index in [2.05, 4.69) is 19.0 Å². The molecule has 0 radical (unpaired) electrons. The first-order valence-electron chi connectivity index (χ1n) is 8.16. The molecule has 1 unspecified atom stereocenters. The van der Waals surface area contributed by atoms with Gasteiger partial charge in [-0.1, -0.05) is 27.7 Å². The molecule has 1 aliphatic rings. The molecule has 10 heteroatoms. The Labute approximate surface area is 149 Å². The third kappa shape index (κ3) is 7.09. The van der Waals surface area contributed by atoms with Crippen LogP contribution in [0.3, 0.4) is 0 Å². The minimum atomic E-state index is -2.35. The highest BCUT2D eigenvalue weighted by Crippen LogP contribution is 2.18. The van der Waals surface area contributed by atoms with Gasteiger partial charge in [0.25, 0.3) is 5.91 Å². The van der Waals surface area contributed by atoms with Gasteiger partial charge in [0.15, 0.2) is 12.2 Å². The van der Waals surface area contributed by atoms with Crippen LogP contribution in [0.15, 0.2) is 0 Å². The van der Waals surface area contributed by atoms with Crippen LogP contribution < -0.4 is 15.7 Å². The van der Waals surface area contributed by atoms with Crippen molar-refractivity contribution in [1.29, 1.82) is 0 Å². The average Bonchev–Trinajstić information content (AvgIpc) is 2.88. The van der Waals surface area contributed by atoms with Gasteiger partial charge in [0.2, 0.25) is 5.91 Å². The summed E-state index contributed by atoms with van der Waals surface area (Å²) >= 11 is -2.35. The summed E-state index contributed by atoms with van der Waals surface area (Å²) in [4.78, 5) is 35.5. The van der Waals surface area contributed by atoms with E-state index >= 15 is 0 Å². The molecule has 0 aromatic heterocycles. The van der Waals surface area contributed by atoms with Crippen molar-refractivity contribution in [2.45, 2.75) is 58.8 Å². The molecule has 25 heavy (non-hydrogen) atoms. The maximum absolute atomic E-state index is 12.3. The highest BCUT2D eigenvalue weighted by atomic mass is 32.2. The predicted octanol–water partition coefficient (Wildman–Crippen LogP) is -1.21. The molecule has 1 saturated heterocycles. The normalized spacial score (nSPS) is 24.3. The van der Waals surface area contributed by atoms with Gasteiger partial charge in [0.1, 0.15) is 6.04 Å². The van der Waals surface area contributed by atoms with Crippen LogP contribution in [-0.4, -0.2) is 46.8 Å². The molecule has 144 valence electrons. The fourth-order valence-electron chi connectivity index (χ4n) is 2.20. The third-order valence-corrected chi connectivity index (χ3v) is 4.22. The fraction of sp³-hybridized carbons (Fsp3) is 0.800. The Bertz CT molecular complexity index is 524. The van der Waals surface area contributed by atoms with Crippen molar-refractivity contribution < 1.29 is 32.1 Å². The van der Waals surface area contributed by atoms with E-state index in [4.69, 9.17) is 0 Å². The van der Waals surface area contributed by atoms with Crippen LogP contribution >= 0.6 is 0 Å². The first-order valence-corrected chi connectivity index (χ1v) is 9.16. The molecule has 9 nitrogen and oxygen atoms in total. The van der Waals surface area contributed by atoms with Crippen molar-refractivity contribution in [3.8, 4) is 0 Å². The van der Waals surface area contributed by atoms with Crippen LogP contribution in [0.25, 0.3) is 0 Å². The maximum atomic E-state index is 12.3. The molecule has 2 N–H and O–H groups in total. The van der Waals surface area contributed by atoms with Crippen LogP contribution in [-0.2, 0) is 34.1 Å². The highest BCUT2D eigenvalue weighted by Gasteiger charge is 2.42. The molecule has 1 heterocycles. The van der Waals surface area contributed by atoms with E-state index in [9.17, 15) is 23.7 Å². The summed E-state index contributed by atoms with van der Waals surface area (Å²) in [6.45, 7) is 8.29. The second-order valence-corrected chi connectivity index (χ2v) is 7.51. The number of carbonyl (C=O) groups excluding carboxylic acids is 3. The molecule has 0 saturated carbocycles. The number of nitrogens with one attached hydrogen (secondary N) is 2. The lowest BCUT2D eigenvalue weighted by molar-refractivity contribution is -0.314. The second kappa shape index (κ2) is 9.83. The summed E-state index contributed by atoms with van der Waals surface area (Å²) in [5.41, 5.74) is 0. The third-order valence-electron chi connectivity index (χ3n) is 3.49. The van der Waals surface area contributed by atoms with Crippen LogP contribution in [0.1, 0.15) is 40.5 Å². The summed E-state index contributed by atoms with van der Waals surface area (Å²) in [6.07, 6.45) is -2.28. The summed E-state index contributed by atoms with van der Waals surface area (Å²) in [7, 11) is 0. The Morgan fingerprint density at radius 1 is 1.08 bits per heavy atom. The maximum Gasteiger partial charge on any atom is 0.306 e. The summed E-state index contributed by atoms with van der Waals surface area (Å²) in [5, 5.41) is 16.2. The monoisotopic (exact) mass is 377 g/mol. The van der Waals surface area contributed by atoms with Gasteiger partial charge < -0.3 is 20.5 Å². The van der Waals surface area contributed by atoms with E-state index in [1.54, 1.807) is 0 Å². The first-order chi connectivity index (χ1) is 11.6. The van der Waals surface area contributed by atoms with Crippen molar-refractivity contribution in [2.24, 2.45) is 11.8 Å². The highest BCUT2D eigenvalue weighted by molar-refractivity contribution is 7.75. The molecule has 2 amide bonds. The molecule has 1 rings (SSSR count). The van der Waals surface area contributed by atoms with Crippen LogP contribution in [0, 0.1) is 11.8 Å². The Balaban J connectivity index is 2.73. The van der Waals surface area contributed by atoms with Crippen molar-refractivity contribution in [1.82, 2.24) is 10.6 Å². The molecular formula is C15H25N2O7S-. The van der Waals surface area contributed by atoms with Gasteiger partial charge in [0.05, 0.1) is 5.97 Å². The zero-order valence-corrected chi connectivity index (χ0v) is 15.6. The number of carboxylic acids is 1. The Hall–Kier alpha value is -1.52. The Morgan fingerprint density at radius 3 is 2.20 bits per heavy atom. The predicted molar refractivity (Wildman–Crippen MR) is 86.7 cm³/mol. The van der Waals surface area contributed by atoms with Crippen LogP contribution in [0.4, 0.5) is 0 Å². The molecule has 1 fully saturated rings. The number of rotatable bonds is 9. The molecule has 0 bridgehead atoms. The lowest BCUT2D eigenvalue weighted by atomic mass is 10.0. The van der Waals surface area contributed by atoms with Crippen molar-refractivity contribution in [2.75, 3.05) is 6.54 Å². The van der Waals surface area contributed by atoms with E-state index in [1.807, 2.05) is 27.7 Å². The lowest BCUT2D eigenvalue weighted by Gasteiger charge is -2.23. The van der Waals surface area contributed by atoms with Gasteiger partial charge in [-0.25, -0.2) is 0 Å². The SMILES string of the molecule is CC(C)CCNC(=O)[C@H](CC(C)C)NC(=O)[C@H]1OS(=O)O[C@@H]1C(=O)[O-]. The Kier molecular flexibility index (Phi) is 8.46. The van der Waals surface area contributed by atoms with Gasteiger partial charge in [0, 0.05) is 6.54 Å². The summed E-state index contributed by atoms with van der Waals surface area (Å²) < 4.78 is 20.4. The zero-order chi connectivity index (χ0) is 19.1. The van der Waals surface area contributed by atoms with E-state index < -0.39 is 41.5 Å². The standard InChI is InChI=1S/C15H26N2O7S/c1-8(2)5-6-16-13(18)10(7-9(3)4)17-14(19)11-12(15(20)21)24-25(22)23-11/h8-12H,5-7H2,1-4H3,(H,16,18)(H,17,19)(H,20,21)/p-1/t10-,11-,12-,25?/m0/s1. The van der Waals surface area contributed by atoms with Crippen LogP contribution in [0.5, 0.6) is 0 Å². The average molecular weight is 377 g/mol. The first kappa shape index (κ1) is 21.5. The van der Waals surface area contributed by atoms with Crippen molar-refractivity contribution >= 4 is 29.1 Å². The largest absolute Gasteiger partial charge is 0.547 e.